The van der Waals surface area contributed by atoms with Crippen LogP contribution in [0.4, 0.5) is 11.4 Å². The summed E-state index contributed by atoms with van der Waals surface area (Å²) in [6.07, 6.45) is 0. The summed E-state index contributed by atoms with van der Waals surface area (Å²) in [7, 11) is -5.18. The molecule has 0 atom stereocenters. The maximum Gasteiger partial charge on any atom is 0.337 e. The fraction of sp³-hybridized carbons (Fsp3) is 0.529. The lowest BCUT2D eigenvalue weighted by molar-refractivity contribution is -0.139. The van der Waals surface area contributed by atoms with E-state index in [-0.39, 0.29) is 17.9 Å². The summed E-state index contributed by atoms with van der Waals surface area (Å²) in [5, 5.41) is 9.48. The maximum absolute atomic E-state index is 12.1. The Bertz CT molecular complexity index is 815. The Morgan fingerprint density at radius 1 is 1.26 bits per heavy atom. The van der Waals surface area contributed by atoms with Gasteiger partial charge in [0.2, 0.25) is 10.0 Å². The summed E-state index contributed by atoms with van der Waals surface area (Å²) in [5.41, 5.74) is 0.842. The fourth-order valence-corrected chi connectivity index (χ4v) is 5.92. The monoisotopic (exact) mass is 414 g/mol. The van der Waals surface area contributed by atoms with Crippen LogP contribution >= 0.6 is 0 Å². The number of ether oxygens (including phenoxy) is 1. The normalized spacial score (nSPS) is 16.6. The predicted octanol–water partition coefficient (Wildman–Crippen LogP) is 2.22. The van der Waals surface area contributed by atoms with Gasteiger partial charge in [0.15, 0.2) is 5.75 Å². The Kier molecular flexibility index (Phi) is 6.53. The zero-order valence-electron chi connectivity index (χ0n) is 15.8. The van der Waals surface area contributed by atoms with Gasteiger partial charge in [0.05, 0.1) is 31.6 Å². The van der Waals surface area contributed by atoms with Crippen LogP contribution in [0.2, 0.25) is 25.2 Å². The summed E-state index contributed by atoms with van der Waals surface area (Å²) >= 11 is 0. The van der Waals surface area contributed by atoms with Crippen molar-refractivity contribution in [3.05, 3.63) is 23.8 Å². The summed E-state index contributed by atoms with van der Waals surface area (Å²) in [6.45, 7) is 7.81. The molecular weight excluding hydrogens is 388 g/mol. The minimum atomic E-state index is -3.94. The Hall–Kier alpha value is -2.07. The van der Waals surface area contributed by atoms with Crippen LogP contribution in [0.3, 0.4) is 0 Å². The van der Waals surface area contributed by atoms with E-state index in [4.69, 9.17) is 0 Å². The van der Waals surface area contributed by atoms with Crippen LogP contribution in [0, 0.1) is 0 Å². The Morgan fingerprint density at radius 2 is 1.89 bits per heavy atom. The number of hydrogen-bond donors (Lipinski definition) is 2. The molecule has 10 heteroatoms. The SMILES string of the molecule is CCOC(=O)CS(=O)(=O)Nc1ccc(C(=O)O)c(N2CC[Si](C)(C)CC2)c1. The van der Waals surface area contributed by atoms with Gasteiger partial charge in [0, 0.05) is 13.1 Å². The average Bonchev–Trinajstić information content (AvgIpc) is 2.53. The highest BCUT2D eigenvalue weighted by Gasteiger charge is 2.29. The molecule has 0 radical (unpaired) electrons. The number of carboxylic acids is 1. The van der Waals surface area contributed by atoms with Gasteiger partial charge in [-0.2, -0.15) is 0 Å². The number of hydrogen-bond acceptors (Lipinski definition) is 6. The molecule has 0 aliphatic carbocycles. The van der Waals surface area contributed by atoms with E-state index < -0.39 is 35.8 Å². The number of esters is 1. The smallest absolute Gasteiger partial charge is 0.337 e. The van der Waals surface area contributed by atoms with Gasteiger partial charge < -0.3 is 14.7 Å². The molecule has 2 N–H and O–H groups in total. The first-order valence-electron chi connectivity index (χ1n) is 8.81. The summed E-state index contributed by atoms with van der Waals surface area (Å²) in [6, 6.07) is 6.39. The molecule has 0 aromatic heterocycles. The first-order valence-corrected chi connectivity index (χ1v) is 13.9. The van der Waals surface area contributed by atoms with E-state index in [2.05, 4.69) is 22.6 Å². The quantitative estimate of drug-likeness (QED) is 0.519. The minimum absolute atomic E-state index is 0.0977. The molecule has 2 rings (SSSR count). The van der Waals surface area contributed by atoms with Crippen LogP contribution in [0.25, 0.3) is 0 Å². The van der Waals surface area contributed by atoms with Crippen LogP contribution < -0.4 is 9.62 Å². The van der Waals surface area contributed by atoms with Gasteiger partial charge >= 0.3 is 11.9 Å². The average molecular weight is 415 g/mol. The van der Waals surface area contributed by atoms with Crippen LogP contribution in [0.1, 0.15) is 17.3 Å². The minimum Gasteiger partial charge on any atom is -0.478 e. The molecule has 27 heavy (non-hydrogen) atoms. The molecule has 1 aliphatic rings. The zero-order chi connectivity index (χ0) is 20.2. The number of benzene rings is 1. The van der Waals surface area contributed by atoms with Crippen LogP contribution in [0.5, 0.6) is 0 Å². The van der Waals surface area contributed by atoms with Gasteiger partial charge in [0.25, 0.3) is 0 Å². The lowest BCUT2D eigenvalue weighted by atomic mass is 10.1. The molecule has 0 amide bonds. The molecule has 1 fully saturated rings. The van der Waals surface area contributed by atoms with Crippen LogP contribution in [-0.2, 0) is 19.6 Å². The van der Waals surface area contributed by atoms with Crippen molar-refractivity contribution in [1.29, 1.82) is 0 Å². The molecule has 1 heterocycles. The second-order valence-corrected chi connectivity index (χ2v) is 14.4. The molecular formula is C17H26N2O6SSi. The van der Waals surface area contributed by atoms with Gasteiger partial charge in [-0.25, -0.2) is 13.2 Å². The highest BCUT2D eigenvalue weighted by atomic mass is 32.2. The maximum atomic E-state index is 12.1. The number of sulfonamides is 1. The van der Waals surface area contributed by atoms with Gasteiger partial charge in [0.1, 0.15) is 0 Å². The van der Waals surface area contributed by atoms with Crippen molar-refractivity contribution in [2.24, 2.45) is 0 Å². The van der Waals surface area contributed by atoms with Crippen molar-refractivity contribution in [1.82, 2.24) is 0 Å². The number of aromatic carboxylic acids is 1. The highest BCUT2D eigenvalue weighted by Crippen LogP contribution is 2.31. The van der Waals surface area contributed by atoms with Crippen molar-refractivity contribution in [3.8, 4) is 0 Å². The fourth-order valence-electron chi connectivity index (χ4n) is 2.96. The third kappa shape index (κ3) is 5.96. The Morgan fingerprint density at radius 3 is 2.44 bits per heavy atom. The topological polar surface area (TPSA) is 113 Å². The third-order valence-corrected chi connectivity index (χ3v) is 8.89. The Labute approximate surface area is 160 Å². The zero-order valence-corrected chi connectivity index (χ0v) is 17.6. The van der Waals surface area contributed by atoms with Gasteiger partial charge in [-0.3, -0.25) is 9.52 Å². The molecule has 150 valence electrons. The van der Waals surface area contributed by atoms with Gasteiger partial charge in [-0.1, -0.05) is 13.1 Å². The van der Waals surface area contributed by atoms with E-state index in [9.17, 15) is 23.1 Å². The van der Waals surface area contributed by atoms with Crippen molar-refractivity contribution >= 4 is 41.4 Å². The van der Waals surface area contributed by atoms with Crippen molar-refractivity contribution in [3.63, 3.8) is 0 Å². The van der Waals surface area contributed by atoms with Gasteiger partial charge in [-0.05, 0) is 37.2 Å². The molecule has 1 aromatic carbocycles. The second kappa shape index (κ2) is 8.30. The van der Waals surface area contributed by atoms with E-state index in [1.807, 2.05) is 4.90 Å². The van der Waals surface area contributed by atoms with Crippen molar-refractivity contribution in [2.45, 2.75) is 32.1 Å². The number of carbonyl (C=O) groups is 2. The number of rotatable bonds is 7. The van der Waals surface area contributed by atoms with E-state index in [1.54, 1.807) is 6.92 Å². The van der Waals surface area contributed by atoms with Gasteiger partial charge in [-0.15, -0.1) is 0 Å². The first kappa shape index (κ1) is 21.2. The number of nitrogens with one attached hydrogen (secondary N) is 1. The van der Waals surface area contributed by atoms with Crippen LogP contribution in [-0.4, -0.2) is 59.0 Å². The molecule has 0 bridgehead atoms. The number of carboxylic acid groups (broad SMARTS) is 1. The molecule has 0 saturated carbocycles. The molecule has 0 spiro atoms. The first-order chi connectivity index (χ1) is 12.5. The lowest BCUT2D eigenvalue weighted by Crippen LogP contribution is -2.43. The molecule has 8 nitrogen and oxygen atoms in total. The number of nitrogens with zero attached hydrogens (tertiary/aromatic N) is 1. The number of anilines is 2. The molecule has 1 saturated heterocycles. The van der Waals surface area contributed by atoms with E-state index in [0.29, 0.717) is 5.69 Å². The molecule has 0 unspecified atom stereocenters. The van der Waals surface area contributed by atoms with Crippen LogP contribution in [0.15, 0.2) is 18.2 Å². The van der Waals surface area contributed by atoms with Crippen molar-refractivity contribution < 1.29 is 27.9 Å². The lowest BCUT2D eigenvalue weighted by Gasteiger charge is -2.37. The van der Waals surface area contributed by atoms with Crippen molar-refractivity contribution in [2.75, 3.05) is 35.1 Å². The molecule has 1 aromatic rings. The summed E-state index contributed by atoms with van der Waals surface area (Å²) < 4.78 is 31.3. The third-order valence-electron chi connectivity index (χ3n) is 4.57. The summed E-state index contributed by atoms with van der Waals surface area (Å²) in [5.74, 6) is -2.69. The number of carbonyl (C=O) groups excluding carboxylic acids is 1. The standard InChI is InChI=1S/C17H26N2O6SSi/c1-4-25-16(20)12-26(23,24)18-13-5-6-14(17(21)22)15(11-13)19-7-9-27(2,3)10-8-19/h5-6,11,18H,4,7-10,12H2,1-3H3,(H,21,22). The van der Waals surface area contributed by atoms with E-state index in [1.165, 1.54) is 18.2 Å². The summed E-state index contributed by atoms with van der Waals surface area (Å²) in [4.78, 5) is 25.0. The largest absolute Gasteiger partial charge is 0.478 e. The van der Waals surface area contributed by atoms with E-state index >= 15 is 0 Å². The highest BCUT2D eigenvalue weighted by molar-refractivity contribution is 7.93. The predicted molar refractivity (Wildman–Crippen MR) is 107 cm³/mol. The Balaban J connectivity index is 2.24. The molecule has 1 aliphatic heterocycles. The second-order valence-electron chi connectivity index (χ2n) is 7.35. The van der Waals surface area contributed by atoms with E-state index in [0.717, 1.165) is 25.2 Å².